The molecule has 0 aromatic heterocycles. The number of nitrogens with one attached hydrogen (secondary N) is 1. The highest BCUT2D eigenvalue weighted by molar-refractivity contribution is 6.21. The molecular weight excluding hydrogens is 275 g/mol. The molecule has 0 unspecified atom stereocenters. The van der Waals surface area contributed by atoms with Crippen molar-refractivity contribution in [1.82, 2.24) is 5.32 Å². The van der Waals surface area contributed by atoms with E-state index in [1.165, 1.54) is 0 Å². The number of hydrogen-bond donors (Lipinski definition) is 3. The van der Waals surface area contributed by atoms with Crippen LogP contribution in [-0.2, 0) is 6.18 Å². The minimum absolute atomic E-state index is 0.344. The highest BCUT2D eigenvalue weighted by Gasteiger charge is 2.34. The number of guanidine groups is 1. The number of phenolic OH excluding ortho intramolecular Hbond substituents is 1. The van der Waals surface area contributed by atoms with Crippen LogP contribution >= 0.6 is 11.8 Å². The van der Waals surface area contributed by atoms with Crippen molar-refractivity contribution in [2.75, 3.05) is 0 Å². The maximum absolute atomic E-state index is 12.5. The van der Waals surface area contributed by atoms with E-state index in [2.05, 4.69) is 4.51 Å². The molecule has 0 saturated carbocycles. The van der Waals surface area contributed by atoms with E-state index in [1.807, 2.05) is 5.32 Å². The fourth-order valence-corrected chi connectivity index (χ4v) is 1.16. The van der Waals surface area contributed by atoms with E-state index in [9.17, 15) is 18.0 Å². The first-order chi connectivity index (χ1) is 8.25. The second kappa shape index (κ2) is 5.13. The lowest BCUT2D eigenvalue weighted by Gasteiger charge is -2.10. The third kappa shape index (κ3) is 3.27. The molecular formula is C9H7ClF3N3O2. The Labute approximate surface area is 104 Å². The first-order valence-corrected chi connectivity index (χ1v) is 4.75. The molecule has 1 aromatic carbocycles. The molecule has 0 heterocycles. The summed E-state index contributed by atoms with van der Waals surface area (Å²) in [6, 6.07) is 2.25. The summed E-state index contributed by atoms with van der Waals surface area (Å²) < 4.78 is 40.3. The first-order valence-electron chi connectivity index (χ1n) is 4.41. The van der Waals surface area contributed by atoms with Crippen molar-refractivity contribution in [2.24, 2.45) is 10.2 Å². The van der Waals surface area contributed by atoms with E-state index in [0.29, 0.717) is 6.07 Å². The molecule has 0 spiro atoms. The predicted octanol–water partition coefficient (Wildman–Crippen LogP) is 1.61. The lowest BCUT2D eigenvalue weighted by Crippen LogP contribution is -2.36. The van der Waals surface area contributed by atoms with Crippen molar-refractivity contribution in [3.63, 3.8) is 0 Å². The van der Waals surface area contributed by atoms with Gasteiger partial charge < -0.3 is 10.8 Å². The number of alkyl halides is 3. The molecule has 0 aliphatic heterocycles. The van der Waals surface area contributed by atoms with Crippen molar-refractivity contribution in [3.05, 3.63) is 29.3 Å². The van der Waals surface area contributed by atoms with Crippen LogP contribution in [0, 0.1) is 0 Å². The van der Waals surface area contributed by atoms with Crippen molar-refractivity contribution < 1.29 is 23.1 Å². The molecule has 9 heteroatoms. The number of nitrogens with two attached hydrogens (primary N) is 1. The number of aromatic hydroxyl groups is 1. The van der Waals surface area contributed by atoms with E-state index in [-0.39, 0.29) is 5.56 Å². The van der Waals surface area contributed by atoms with E-state index < -0.39 is 29.4 Å². The number of carbonyl (C=O) groups excluding carboxylic acids is 1. The lowest BCUT2D eigenvalue weighted by molar-refractivity contribution is -0.138. The summed E-state index contributed by atoms with van der Waals surface area (Å²) >= 11 is 4.94. The van der Waals surface area contributed by atoms with Crippen LogP contribution in [0.1, 0.15) is 15.9 Å². The molecule has 18 heavy (non-hydrogen) atoms. The van der Waals surface area contributed by atoms with Gasteiger partial charge in [0.15, 0.2) is 0 Å². The molecule has 0 aliphatic carbocycles. The minimum Gasteiger partial charge on any atom is -0.507 e. The smallest absolute Gasteiger partial charge is 0.419 e. The van der Waals surface area contributed by atoms with Gasteiger partial charge in [-0.3, -0.25) is 10.1 Å². The zero-order chi connectivity index (χ0) is 13.9. The topological polar surface area (TPSA) is 87.7 Å². The fraction of sp³-hybridized carbons (Fsp3) is 0.111. The summed E-state index contributed by atoms with van der Waals surface area (Å²) in [5.74, 6) is -2.36. The minimum atomic E-state index is -4.77. The third-order valence-corrected chi connectivity index (χ3v) is 2.08. The molecule has 0 fully saturated rings. The second-order valence-corrected chi connectivity index (χ2v) is 3.32. The average molecular weight is 282 g/mol. The lowest BCUT2D eigenvalue weighted by atomic mass is 10.1. The molecule has 1 amide bonds. The molecule has 4 N–H and O–H groups in total. The quantitative estimate of drug-likeness (QED) is 0.540. The molecule has 0 bridgehead atoms. The number of nitrogens with zero attached hydrogens (tertiary/aromatic N) is 1. The van der Waals surface area contributed by atoms with Crippen molar-refractivity contribution in [1.29, 1.82) is 0 Å². The van der Waals surface area contributed by atoms with Crippen molar-refractivity contribution >= 4 is 23.6 Å². The van der Waals surface area contributed by atoms with Crippen LogP contribution in [0.2, 0.25) is 0 Å². The van der Waals surface area contributed by atoms with Gasteiger partial charge in [0, 0.05) is 17.3 Å². The average Bonchev–Trinajstić information content (AvgIpc) is 2.27. The Morgan fingerprint density at radius 2 is 2.06 bits per heavy atom. The maximum atomic E-state index is 12.5. The Bertz CT molecular complexity index is 502. The Morgan fingerprint density at radius 1 is 1.44 bits per heavy atom. The van der Waals surface area contributed by atoms with Crippen LogP contribution in [0.5, 0.6) is 5.75 Å². The Balaban J connectivity index is 3.09. The van der Waals surface area contributed by atoms with E-state index >= 15 is 0 Å². The van der Waals surface area contributed by atoms with Crippen LogP contribution in [0.4, 0.5) is 13.2 Å². The third-order valence-electron chi connectivity index (χ3n) is 1.90. The SMILES string of the molecule is NC(=NCl)NC(=O)c1ccc(O)c(C(F)(F)F)c1. The second-order valence-electron chi connectivity index (χ2n) is 3.15. The maximum Gasteiger partial charge on any atom is 0.419 e. The van der Waals surface area contributed by atoms with Crippen molar-refractivity contribution in [2.45, 2.75) is 6.18 Å². The molecule has 98 valence electrons. The normalized spacial score (nSPS) is 12.3. The standard InChI is InChI=1S/C9H7ClF3N3O2/c10-16-8(14)15-7(18)4-1-2-6(17)5(3-4)9(11,12)13/h1-3,17H,(H3,14,15,16,18). The zero-order valence-electron chi connectivity index (χ0n) is 8.62. The van der Waals surface area contributed by atoms with E-state index in [1.54, 1.807) is 0 Å². The number of hydrogen-bond acceptors (Lipinski definition) is 3. The highest BCUT2D eigenvalue weighted by atomic mass is 35.5. The molecule has 0 aliphatic rings. The largest absolute Gasteiger partial charge is 0.507 e. The van der Waals surface area contributed by atoms with Crippen LogP contribution in [0.3, 0.4) is 0 Å². The van der Waals surface area contributed by atoms with Gasteiger partial charge in [-0.1, -0.05) is 0 Å². The number of amides is 1. The molecule has 0 atom stereocenters. The summed E-state index contributed by atoms with van der Waals surface area (Å²) in [6.07, 6.45) is -4.77. The number of phenols is 1. The number of benzene rings is 1. The number of halogens is 4. The van der Waals surface area contributed by atoms with Crippen LogP contribution < -0.4 is 11.1 Å². The van der Waals surface area contributed by atoms with Crippen LogP contribution in [0.25, 0.3) is 0 Å². The van der Waals surface area contributed by atoms with Crippen LogP contribution in [0.15, 0.2) is 22.7 Å². The molecule has 0 radical (unpaired) electrons. The van der Waals surface area contributed by atoms with Gasteiger partial charge in [0.2, 0.25) is 5.96 Å². The number of carbonyl (C=O) groups is 1. The summed E-state index contributed by atoms with van der Waals surface area (Å²) in [4.78, 5) is 11.4. The van der Waals surface area contributed by atoms with Gasteiger partial charge >= 0.3 is 6.18 Å². The summed E-state index contributed by atoms with van der Waals surface area (Å²) in [5.41, 5.74) is 3.41. The van der Waals surface area contributed by atoms with Crippen molar-refractivity contribution in [3.8, 4) is 5.75 Å². The first kappa shape index (κ1) is 14.1. The van der Waals surface area contributed by atoms with E-state index in [0.717, 1.165) is 12.1 Å². The molecule has 5 nitrogen and oxygen atoms in total. The monoisotopic (exact) mass is 281 g/mol. The highest BCUT2D eigenvalue weighted by Crippen LogP contribution is 2.35. The van der Waals surface area contributed by atoms with Gasteiger partial charge in [-0.2, -0.15) is 13.2 Å². The van der Waals surface area contributed by atoms with Gasteiger partial charge in [-0.15, -0.1) is 4.51 Å². The van der Waals surface area contributed by atoms with Gasteiger partial charge in [-0.05, 0) is 18.2 Å². The zero-order valence-corrected chi connectivity index (χ0v) is 9.38. The van der Waals surface area contributed by atoms with Crippen LogP contribution in [-0.4, -0.2) is 17.0 Å². The predicted molar refractivity (Wildman–Crippen MR) is 58.1 cm³/mol. The molecule has 0 saturated heterocycles. The Kier molecular flexibility index (Phi) is 4.02. The summed E-state index contributed by atoms with van der Waals surface area (Å²) in [7, 11) is 0. The van der Waals surface area contributed by atoms with E-state index in [4.69, 9.17) is 22.6 Å². The molecule has 1 rings (SSSR count). The molecule has 1 aromatic rings. The number of rotatable bonds is 1. The van der Waals surface area contributed by atoms with Gasteiger partial charge in [-0.25, -0.2) is 0 Å². The Morgan fingerprint density at radius 3 is 2.56 bits per heavy atom. The van der Waals surface area contributed by atoms with Gasteiger partial charge in [0.1, 0.15) is 5.75 Å². The fourth-order valence-electron chi connectivity index (χ4n) is 1.11. The Hall–Kier alpha value is -1.96. The van der Waals surface area contributed by atoms with Gasteiger partial charge in [0.05, 0.1) is 5.56 Å². The van der Waals surface area contributed by atoms with Gasteiger partial charge in [0.25, 0.3) is 5.91 Å². The summed E-state index contributed by atoms with van der Waals surface area (Å²) in [6.45, 7) is 0. The summed E-state index contributed by atoms with van der Waals surface area (Å²) in [5, 5.41) is 11.0.